The van der Waals surface area contributed by atoms with E-state index in [1.54, 1.807) is 0 Å². The number of benzene rings is 3. The Bertz CT molecular complexity index is 1510. The SMILES string of the molecule is CC(C)CC(NC(=O)OCc1ccccc1)C(=O)NC(CCc1ccccc1)C(O)c1nc(C(=O)NCCc2ccccc2)co1. The molecule has 0 aliphatic carbocycles. The molecule has 242 valence electrons. The second-order valence-corrected chi connectivity index (χ2v) is 11.5. The molecule has 4 aromatic rings. The first-order valence-corrected chi connectivity index (χ1v) is 15.6. The maximum absolute atomic E-state index is 13.6. The van der Waals surface area contributed by atoms with Crippen LogP contribution in [0.3, 0.4) is 0 Å². The molecule has 0 saturated carbocycles. The van der Waals surface area contributed by atoms with E-state index in [-0.39, 0.29) is 24.1 Å². The van der Waals surface area contributed by atoms with Crippen molar-refractivity contribution in [2.24, 2.45) is 5.92 Å². The van der Waals surface area contributed by atoms with Crippen molar-refractivity contribution >= 4 is 17.9 Å². The topological polar surface area (TPSA) is 143 Å². The minimum atomic E-state index is -1.36. The minimum absolute atomic E-state index is 0.0239. The third kappa shape index (κ3) is 10.9. The summed E-state index contributed by atoms with van der Waals surface area (Å²) in [5.74, 6) is -0.930. The van der Waals surface area contributed by atoms with Crippen LogP contribution in [-0.4, -0.2) is 46.6 Å². The lowest BCUT2D eigenvalue weighted by atomic mass is 9.99. The van der Waals surface area contributed by atoms with Gasteiger partial charge in [0, 0.05) is 6.54 Å². The molecule has 0 aliphatic rings. The lowest BCUT2D eigenvalue weighted by Crippen LogP contribution is -2.51. The molecule has 0 bridgehead atoms. The van der Waals surface area contributed by atoms with Gasteiger partial charge in [-0.15, -0.1) is 0 Å². The second-order valence-electron chi connectivity index (χ2n) is 11.5. The van der Waals surface area contributed by atoms with E-state index in [9.17, 15) is 19.5 Å². The predicted molar refractivity (Wildman–Crippen MR) is 174 cm³/mol. The highest BCUT2D eigenvalue weighted by Crippen LogP contribution is 2.21. The molecule has 0 fully saturated rings. The summed E-state index contributed by atoms with van der Waals surface area (Å²) in [4.78, 5) is 43.2. The smallest absolute Gasteiger partial charge is 0.408 e. The third-order valence-corrected chi connectivity index (χ3v) is 7.37. The molecular weight excluding hydrogens is 584 g/mol. The molecule has 3 amide bonds. The molecule has 3 aromatic carbocycles. The van der Waals surface area contributed by atoms with Gasteiger partial charge in [-0.3, -0.25) is 9.59 Å². The summed E-state index contributed by atoms with van der Waals surface area (Å²) in [7, 11) is 0. The molecule has 0 aliphatic heterocycles. The third-order valence-electron chi connectivity index (χ3n) is 7.37. The van der Waals surface area contributed by atoms with Crippen molar-refractivity contribution in [2.45, 2.75) is 64.3 Å². The summed E-state index contributed by atoms with van der Waals surface area (Å²) in [6.45, 7) is 4.35. The number of aliphatic hydroxyl groups excluding tert-OH is 1. The quantitative estimate of drug-likeness (QED) is 0.135. The van der Waals surface area contributed by atoms with Crippen LogP contribution in [0, 0.1) is 5.92 Å². The number of aliphatic hydroxyl groups is 1. The Balaban J connectivity index is 1.42. The standard InChI is InChI=1S/C36H42N4O6/c1-25(2)22-30(40-36(44)46-23-28-16-10-5-11-17-28)34(43)38-29(19-18-26-12-6-3-7-13-26)32(41)35-39-31(24-45-35)33(42)37-21-20-27-14-8-4-9-15-27/h3-17,24-25,29-30,32,41H,18-23H2,1-2H3,(H,37,42)(H,38,43)(H,40,44). The summed E-state index contributed by atoms with van der Waals surface area (Å²) in [6.07, 6.45) is 0.991. The van der Waals surface area contributed by atoms with E-state index >= 15 is 0 Å². The van der Waals surface area contributed by atoms with Gasteiger partial charge in [0.2, 0.25) is 11.8 Å². The maximum atomic E-state index is 13.6. The fourth-order valence-electron chi connectivity index (χ4n) is 4.92. The highest BCUT2D eigenvalue weighted by molar-refractivity contribution is 5.91. The van der Waals surface area contributed by atoms with E-state index in [2.05, 4.69) is 20.9 Å². The molecule has 0 spiro atoms. The zero-order valence-electron chi connectivity index (χ0n) is 26.2. The monoisotopic (exact) mass is 626 g/mol. The minimum Gasteiger partial charge on any atom is -0.445 e. The number of hydrogen-bond donors (Lipinski definition) is 4. The van der Waals surface area contributed by atoms with Crippen LogP contribution in [0.15, 0.2) is 102 Å². The van der Waals surface area contributed by atoms with E-state index in [0.29, 0.717) is 32.2 Å². The lowest BCUT2D eigenvalue weighted by molar-refractivity contribution is -0.125. The van der Waals surface area contributed by atoms with Crippen LogP contribution in [0.5, 0.6) is 0 Å². The number of nitrogens with zero attached hydrogens (tertiary/aromatic N) is 1. The van der Waals surface area contributed by atoms with Gasteiger partial charge >= 0.3 is 6.09 Å². The normalized spacial score (nSPS) is 13.0. The average Bonchev–Trinajstić information content (AvgIpc) is 3.57. The van der Waals surface area contributed by atoms with Gasteiger partial charge in [0.1, 0.15) is 18.9 Å². The molecule has 1 heterocycles. The largest absolute Gasteiger partial charge is 0.445 e. The van der Waals surface area contributed by atoms with Crippen molar-refractivity contribution in [1.82, 2.24) is 20.9 Å². The number of carbonyl (C=O) groups is 3. The number of rotatable bonds is 16. The first-order chi connectivity index (χ1) is 22.3. The van der Waals surface area contributed by atoms with E-state index in [1.165, 1.54) is 6.26 Å². The summed E-state index contributed by atoms with van der Waals surface area (Å²) >= 11 is 0. The first kappa shape index (κ1) is 33.9. The zero-order valence-corrected chi connectivity index (χ0v) is 26.2. The number of alkyl carbamates (subject to hydrolysis) is 1. The number of aromatic nitrogens is 1. The van der Waals surface area contributed by atoms with Crippen molar-refractivity contribution in [3.63, 3.8) is 0 Å². The Hall–Kier alpha value is -4.96. The molecule has 1 aromatic heterocycles. The number of aryl methyl sites for hydroxylation is 1. The Morgan fingerprint density at radius 1 is 0.826 bits per heavy atom. The van der Waals surface area contributed by atoms with E-state index < -0.39 is 36.1 Å². The summed E-state index contributed by atoms with van der Waals surface area (Å²) in [5, 5.41) is 19.8. The van der Waals surface area contributed by atoms with Gasteiger partial charge in [-0.1, -0.05) is 105 Å². The number of nitrogens with one attached hydrogen (secondary N) is 3. The van der Waals surface area contributed by atoms with Crippen molar-refractivity contribution in [1.29, 1.82) is 0 Å². The van der Waals surface area contributed by atoms with Crippen LogP contribution in [0.2, 0.25) is 0 Å². The van der Waals surface area contributed by atoms with Crippen LogP contribution in [-0.2, 0) is 29.0 Å². The Kier molecular flexibility index (Phi) is 12.9. The van der Waals surface area contributed by atoms with Gasteiger partial charge in [-0.25, -0.2) is 9.78 Å². The van der Waals surface area contributed by atoms with Gasteiger partial charge < -0.3 is 30.2 Å². The van der Waals surface area contributed by atoms with Crippen molar-refractivity contribution in [3.8, 4) is 0 Å². The fraction of sp³-hybridized carbons (Fsp3) is 0.333. The van der Waals surface area contributed by atoms with Gasteiger partial charge in [-0.2, -0.15) is 0 Å². The number of carbonyl (C=O) groups excluding carboxylic acids is 3. The van der Waals surface area contributed by atoms with E-state index in [4.69, 9.17) is 9.15 Å². The van der Waals surface area contributed by atoms with E-state index in [0.717, 1.165) is 16.7 Å². The molecule has 0 radical (unpaired) electrons. The molecule has 10 heteroatoms. The molecule has 3 unspecified atom stereocenters. The number of oxazole rings is 1. The highest BCUT2D eigenvalue weighted by Gasteiger charge is 2.31. The molecule has 4 N–H and O–H groups in total. The van der Waals surface area contributed by atoms with Crippen molar-refractivity contribution < 1.29 is 28.6 Å². The number of amides is 3. The summed E-state index contributed by atoms with van der Waals surface area (Å²) in [5.41, 5.74) is 2.95. The van der Waals surface area contributed by atoms with Crippen molar-refractivity contribution in [2.75, 3.05) is 6.54 Å². The lowest BCUT2D eigenvalue weighted by Gasteiger charge is -2.26. The van der Waals surface area contributed by atoms with Crippen LogP contribution in [0.4, 0.5) is 4.79 Å². The summed E-state index contributed by atoms with van der Waals surface area (Å²) < 4.78 is 10.9. The highest BCUT2D eigenvalue weighted by atomic mass is 16.5. The van der Waals surface area contributed by atoms with E-state index in [1.807, 2.05) is 105 Å². The molecule has 0 saturated heterocycles. The molecule has 4 rings (SSSR count). The molecule has 10 nitrogen and oxygen atoms in total. The zero-order chi connectivity index (χ0) is 32.7. The Labute approximate surface area is 269 Å². The molecule has 46 heavy (non-hydrogen) atoms. The van der Waals surface area contributed by atoms with Gasteiger partial charge in [0.25, 0.3) is 5.91 Å². The fourth-order valence-corrected chi connectivity index (χ4v) is 4.92. The first-order valence-electron chi connectivity index (χ1n) is 15.6. The number of hydrogen-bond acceptors (Lipinski definition) is 7. The summed E-state index contributed by atoms with van der Waals surface area (Å²) in [6, 6.07) is 26.9. The number of ether oxygens (including phenoxy) is 1. The Morgan fingerprint density at radius 3 is 2.02 bits per heavy atom. The van der Waals surface area contributed by atoms with Gasteiger partial charge in [0.05, 0.1) is 6.04 Å². The maximum Gasteiger partial charge on any atom is 0.408 e. The predicted octanol–water partition coefficient (Wildman–Crippen LogP) is 5.14. The average molecular weight is 627 g/mol. The van der Waals surface area contributed by atoms with Crippen molar-refractivity contribution in [3.05, 3.63) is 126 Å². The van der Waals surface area contributed by atoms with Crippen LogP contribution in [0.25, 0.3) is 0 Å². The molecular formula is C36H42N4O6. The van der Waals surface area contributed by atoms with Crippen LogP contribution >= 0.6 is 0 Å². The van der Waals surface area contributed by atoms with Gasteiger partial charge in [-0.05, 0) is 48.3 Å². The van der Waals surface area contributed by atoms with Crippen LogP contribution < -0.4 is 16.0 Å². The van der Waals surface area contributed by atoms with Gasteiger partial charge in [0.15, 0.2) is 11.8 Å². The second kappa shape index (κ2) is 17.5. The Morgan fingerprint density at radius 2 is 1.41 bits per heavy atom. The van der Waals surface area contributed by atoms with Crippen LogP contribution in [0.1, 0.15) is 65.9 Å². The molecule has 3 atom stereocenters.